The summed E-state index contributed by atoms with van der Waals surface area (Å²) in [5.74, 6) is 1.19. The van der Waals surface area contributed by atoms with Crippen LogP contribution in [0, 0.1) is 5.92 Å². The molecule has 0 N–H and O–H groups in total. The Morgan fingerprint density at radius 1 is 1.48 bits per heavy atom. The predicted molar refractivity (Wildman–Crippen MR) is 89.9 cm³/mol. The molecule has 0 saturated carbocycles. The fraction of sp³-hybridized carbons (Fsp3) is 0.471. The van der Waals surface area contributed by atoms with Gasteiger partial charge in [0.15, 0.2) is 0 Å². The Kier molecular flexibility index (Phi) is 5.09. The van der Waals surface area contributed by atoms with Gasteiger partial charge in [0.25, 0.3) is 5.91 Å². The number of carbonyl (C=O) groups is 1. The molecule has 0 aromatic heterocycles. The first-order chi connectivity index (χ1) is 9.97. The van der Waals surface area contributed by atoms with Gasteiger partial charge in [0.1, 0.15) is 5.75 Å². The van der Waals surface area contributed by atoms with Crippen molar-refractivity contribution in [1.82, 2.24) is 4.90 Å². The molecule has 1 aromatic rings. The van der Waals surface area contributed by atoms with Gasteiger partial charge in [-0.05, 0) is 35.6 Å². The highest BCUT2D eigenvalue weighted by Crippen LogP contribution is 2.32. The monoisotopic (exact) mass is 351 g/mol. The third-order valence-electron chi connectivity index (χ3n) is 3.84. The van der Waals surface area contributed by atoms with Gasteiger partial charge in [-0.3, -0.25) is 4.79 Å². The van der Waals surface area contributed by atoms with E-state index in [1.54, 1.807) is 7.11 Å². The van der Waals surface area contributed by atoms with Gasteiger partial charge in [-0.1, -0.05) is 41.9 Å². The number of hydrogen-bond donors (Lipinski definition) is 0. The Bertz CT molecular complexity index is 566. The molecule has 0 fully saturated rings. The molecule has 3 nitrogen and oxygen atoms in total. The van der Waals surface area contributed by atoms with Crippen LogP contribution in [0.25, 0.3) is 5.57 Å². The minimum absolute atomic E-state index is 0.0835. The van der Waals surface area contributed by atoms with E-state index in [1.165, 1.54) is 5.56 Å². The summed E-state index contributed by atoms with van der Waals surface area (Å²) in [7, 11) is 3.53. The zero-order valence-corrected chi connectivity index (χ0v) is 14.6. The van der Waals surface area contributed by atoms with Gasteiger partial charge in [0.2, 0.25) is 0 Å². The maximum absolute atomic E-state index is 12.8. The van der Waals surface area contributed by atoms with Crippen molar-refractivity contribution in [1.29, 1.82) is 0 Å². The van der Waals surface area contributed by atoms with Crippen molar-refractivity contribution in [2.45, 2.75) is 26.3 Å². The molecule has 1 aliphatic heterocycles. The SMILES string of the molecule is COc1ccc2c(c1)/C(=C\C(C)C)C(=O)N(C)[C@@H](CBr)C2. The number of amides is 1. The van der Waals surface area contributed by atoms with Crippen LogP contribution in [-0.2, 0) is 11.2 Å². The van der Waals surface area contributed by atoms with Crippen LogP contribution < -0.4 is 4.74 Å². The highest BCUT2D eigenvalue weighted by molar-refractivity contribution is 9.09. The highest BCUT2D eigenvalue weighted by atomic mass is 79.9. The molecule has 4 heteroatoms. The summed E-state index contributed by atoms with van der Waals surface area (Å²) in [6.45, 7) is 4.18. The quantitative estimate of drug-likeness (QED) is 0.615. The number of rotatable bonds is 3. The molecule has 0 aliphatic carbocycles. The minimum atomic E-state index is 0.0835. The van der Waals surface area contributed by atoms with E-state index in [-0.39, 0.29) is 11.9 Å². The number of allylic oxidation sites excluding steroid dienone is 1. The molecule has 1 amide bonds. The van der Waals surface area contributed by atoms with Gasteiger partial charge < -0.3 is 9.64 Å². The van der Waals surface area contributed by atoms with E-state index in [4.69, 9.17) is 4.74 Å². The van der Waals surface area contributed by atoms with Crippen LogP contribution in [0.2, 0.25) is 0 Å². The maximum atomic E-state index is 12.8. The van der Waals surface area contributed by atoms with Gasteiger partial charge >= 0.3 is 0 Å². The van der Waals surface area contributed by atoms with Crippen LogP contribution in [0.4, 0.5) is 0 Å². The van der Waals surface area contributed by atoms with Gasteiger partial charge in [0, 0.05) is 24.0 Å². The fourth-order valence-corrected chi connectivity index (χ4v) is 3.29. The van der Waals surface area contributed by atoms with Gasteiger partial charge in [-0.2, -0.15) is 0 Å². The summed E-state index contributed by atoms with van der Waals surface area (Å²) in [5, 5.41) is 0.773. The number of nitrogens with zero attached hydrogens (tertiary/aromatic N) is 1. The van der Waals surface area contributed by atoms with Gasteiger partial charge in [0.05, 0.1) is 7.11 Å². The van der Waals surface area contributed by atoms with E-state index < -0.39 is 0 Å². The predicted octanol–water partition coefficient (Wildman–Crippen LogP) is 3.51. The van der Waals surface area contributed by atoms with E-state index in [0.29, 0.717) is 5.92 Å². The largest absolute Gasteiger partial charge is 0.497 e. The molecule has 114 valence electrons. The number of benzene rings is 1. The van der Waals surface area contributed by atoms with Crippen LogP contribution in [-0.4, -0.2) is 36.3 Å². The number of methoxy groups -OCH3 is 1. The summed E-state index contributed by atoms with van der Waals surface area (Å²) in [6, 6.07) is 6.19. The third kappa shape index (κ3) is 3.31. The lowest BCUT2D eigenvalue weighted by Crippen LogP contribution is -2.38. The topological polar surface area (TPSA) is 29.5 Å². The molecule has 0 unspecified atom stereocenters. The summed E-state index contributed by atoms with van der Waals surface area (Å²) in [6.07, 6.45) is 2.90. The van der Waals surface area contributed by atoms with Gasteiger partial charge in [-0.15, -0.1) is 0 Å². The van der Waals surface area contributed by atoms with Crippen molar-refractivity contribution in [3.63, 3.8) is 0 Å². The highest BCUT2D eigenvalue weighted by Gasteiger charge is 2.29. The van der Waals surface area contributed by atoms with E-state index in [2.05, 4.69) is 35.8 Å². The number of alkyl halides is 1. The number of halogens is 1. The molecule has 1 atom stereocenters. The smallest absolute Gasteiger partial charge is 0.254 e. The molecule has 2 rings (SSSR count). The molecule has 1 aromatic carbocycles. The first-order valence-electron chi connectivity index (χ1n) is 7.20. The molecule has 0 saturated heterocycles. The first kappa shape index (κ1) is 16.1. The standard InChI is InChI=1S/C17H22BrNO2/c1-11(2)7-16-15-9-14(21-4)6-5-12(15)8-13(10-18)19(3)17(16)20/h5-7,9,11,13H,8,10H2,1-4H3/b16-7+/t13-/m1/s1. The lowest BCUT2D eigenvalue weighted by atomic mass is 9.95. The Labute approximate surface area is 135 Å². The Balaban J connectivity index is 2.62. The number of ether oxygens (including phenoxy) is 1. The second-order valence-electron chi connectivity index (χ2n) is 5.78. The van der Waals surface area contributed by atoms with Gasteiger partial charge in [-0.25, -0.2) is 0 Å². The molecule has 0 bridgehead atoms. The van der Waals surface area contributed by atoms with Crippen LogP contribution in [0.3, 0.4) is 0 Å². The molecule has 0 radical (unpaired) electrons. The molecule has 0 spiro atoms. The molecule has 1 heterocycles. The van der Waals surface area contributed by atoms with Crippen molar-refractivity contribution < 1.29 is 9.53 Å². The van der Waals surface area contributed by atoms with Crippen molar-refractivity contribution in [2.75, 3.05) is 19.5 Å². The van der Waals surface area contributed by atoms with Crippen molar-refractivity contribution in [3.8, 4) is 5.75 Å². The van der Waals surface area contributed by atoms with Crippen molar-refractivity contribution in [3.05, 3.63) is 35.4 Å². The fourth-order valence-electron chi connectivity index (χ4n) is 2.63. The molecule has 1 aliphatic rings. The zero-order valence-electron chi connectivity index (χ0n) is 13.0. The molecular formula is C17H22BrNO2. The Morgan fingerprint density at radius 3 is 2.76 bits per heavy atom. The average molecular weight is 352 g/mol. The van der Waals surface area contributed by atoms with Crippen LogP contribution in [0.5, 0.6) is 5.75 Å². The zero-order chi connectivity index (χ0) is 15.6. The first-order valence-corrected chi connectivity index (χ1v) is 8.32. The van der Waals surface area contributed by atoms with Crippen LogP contribution >= 0.6 is 15.9 Å². The second-order valence-corrected chi connectivity index (χ2v) is 6.42. The lowest BCUT2D eigenvalue weighted by Gasteiger charge is -2.24. The van der Waals surface area contributed by atoms with E-state index in [1.807, 2.05) is 30.2 Å². The molecule has 21 heavy (non-hydrogen) atoms. The van der Waals surface area contributed by atoms with Crippen molar-refractivity contribution in [2.24, 2.45) is 5.92 Å². The number of fused-ring (bicyclic) bond motifs is 1. The van der Waals surface area contributed by atoms with E-state index in [9.17, 15) is 4.79 Å². The normalized spacial score (nSPS) is 20.7. The summed E-state index contributed by atoms with van der Waals surface area (Å²) in [4.78, 5) is 14.7. The summed E-state index contributed by atoms with van der Waals surface area (Å²) < 4.78 is 5.33. The van der Waals surface area contributed by atoms with E-state index in [0.717, 1.165) is 28.6 Å². The number of carbonyl (C=O) groups excluding carboxylic acids is 1. The van der Waals surface area contributed by atoms with Crippen LogP contribution in [0.1, 0.15) is 25.0 Å². The van der Waals surface area contributed by atoms with Crippen molar-refractivity contribution >= 4 is 27.4 Å². The summed E-state index contributed by atoms with van der Waals surface area (Å²) >= 11 is 3.53. The lowest BCUT2D eigenvalue weighted by molar-refractivity contribution is -0.125. The average Bonchev–Trinajstić information content (AvgIpc) is 2.57. The summed E-state index contributed by atoms with van der Waals surface area (Å²) in [5.41, 5.74) is 2.98. The second kappa shape index (κ2) is 6.65. The maximum Gasteiger partial charge on any atom is 0.254 e. The third-order valence-corrected chi connectivity index (χ3v) is 4.59. The Morgan fingerprint density at radius 2 is 2.19 bits per heavy atom. The van der Waals surface area contributed by atoms with Crippen LogP contribution in [0.15, 0.2) is 24.3 Å². The number of likely N-dealkylation sites (N-methyl/N-ethyl adjacent to an activating group) is 1. The minimum Gasteiger partial charge on any atom is -0.497 e. The van der Waals surface area contributed by atoms with E-state index >= 15 is 0 Å². The molecular weight excluding hydrogens is 330 g/mol. The Hall–Kier alpha value is -1.29. The number of hydrogen-bond acceptors (Lipinski definition) is 2.